The molecule has 2 aromatic heterocycles. The Hall–Kier alpha value is -2.63. The van der Waals surface area contributed by atoms with Crippen LogP contribution in [0.4, 0.5) is 0 Å². The molecule has 0 saturated heterocycles. The molecule has 0 spiro atoms. The maximum absolute atomic E-state index is 12.5. The van der Waals surface area contributed by atoms with Gasteiger partial charge in [-0.2, -0.15) is 0 Å². The number of fused-ring (bicyclic) bond motifs is 2. The molecule has 6 nitrogen and oxygen atoms in total. The molecular weight excluding hydrogens is 290 g/mol. The van der Waals surface area contributed by atoms with Gasteiger partial charge in [0.2, 0.25) is 0 Å². The Kier molecular flexibility index (Phi) is 3.37. The van der Waals surface area contributed by atoms with Gasteiger partial charge in [-0.3, -0.25) is 4.79 Å². The lowest BCUT2D eigenvalue weighted by Gasteiger charge is -2.25. The predicted octanol–water partition coefficient (Wildman–Crippen LogP) is 2.07. The molecular formula is C17H19N5O. The minimum Gasteiger partial charge on any atom is -0.361 e. The molecule has 23 heavy (non-hydrogen) atoms. The number of aryl methyl sites for hydroxylation is 2. The molecule has 1 amide bonds. The second-order valence-corrected chi connectivity index (χ2v) is 5.99. The van der Waals surface area contributed by atoms with Crippen LogP contribution < -0.4 is 5.32 Å². The molecule has 1 aromatic carbocycles. The topological polar surface area (TPSA) is 75.6 Å². The summed E-state index contributed by atoms with van der Waals surface area (Å²) in [7, 11) is 0. The van der Waals surface area contributed by atoms with Gasteiger partial charge in [0, 0.05) is 42.7 Å². The number of amides is 1. The van der Waals surface area contributed by atoms with Crippen LogP contribution in [0.3, 0.4) is 0 Å². The summed E-state index contributed by atoms with van der Waals surface area (Å²) >= 11 is 0. The van der Waals surface area contributed by atoms with Gasteiger partial charge < -0.3 is 14.9 Å². The Balaban J connectivity index is 1.50. The molecule has 0 radical (unpaired) electrons. The van der Waals surface area contributed by atoms with Crippen molar-refractivity contribution in [1.82, 2.24) is 25.1 Å². The van der Waals surface area contributed by atoms with Crippen molar-refractivity contribution in [2.75, 3.05) is 0 Å². The molecule has 0 fully saturated rings. The van der Waals surface area contributed by atoms with Crippen LogP contribution in [0.1, 0.15) is 35.4 Å². The number of carbonyl (C=O) groups is 1. The zero-order valence-corrected chi connectivity index (χ0v) is 13.0. The smallest absolute Gasteiger partial charge is 0.251 e. The maximum atomic E-state index is 12.5. The Labute approximate surface area is 133 Å². The van der Waals surface area contributed by atoms with Crippen LogP contribution >= 0.6 is 0 Å². The first-order valence-electron chi connectivity index (χ1n) is 8.03. The van der Waals surface area contributed by atoms with Gasteiger partial charge in [-0.15, -0.1) is 10.2 Å². The minimum absolute atomic E-state index is 0.0268. The van der Waals surface area contributed by atoms with Crippen LogP contribution in [0, 0.1) is 0 Å². The van der Waals surface area contributed by atoms with E-state index in [0.29, 0.717) is 5.56 Å². The molecule has 1 aliphatic heterocycles. The number of benzene rings is 1. The van der Waals surface area contributed by atoms with Crippen molar-refractivity contribution in [1.29, 1.82) is 0 Å². The van der Waals surface area contributed by atoms with Gasteiger partial charge in [-0.05, 0) is 30.0 Å². The quantitative estimate of drug-likeness (QED) is 0.777. The van der Waals surface area contributed by atoms with Crippen LogP contribution in [-0.2, 0) is 19.4 Å². The predicted molar refractivity (Wildman–Crippen MR) is 87.3 cm³/mol. The summed E-state index contributed by atoms with van der Waals surface area (Å²) in [6.07, 6.45) is 4.50. The molecule has 1 atom stereocenters. The van der Waals surface area contributed by atoms with Crippen LogP contribution in [0.2, 0.25) is 0 Å². The van der Waals surface area contributed by atoms with Crippen LogP contribution in [0.25, 0.3) is 10.9 Å². The monoisotopic (exact) mass is 309 g/mol. The van der Waals surface area contributed by atoms with Crippen LogP contribution in [0.15, 0.2) is 30.5 Å². The zero-order chi connectivity index (χ0) is 15.8. The standard InChI is InChI=1S/C17H19N5O/c1-2-15-20-21-16-6-5-13(10-22(15)16)19-17(23)12-4-3-11-7-8-18-14(11)9-12/h3-4,7-9,13,18H,2,5-6,10H2,1H3,(H,19,23). The number of nitrogens with one attached hydrogen (secondary N) is 2. The number of carbonyl (C=O) groups excluding carboxylic acids is 1. The second kappa shape index (κ2) is 5.53. The van der Waals surface area contributed by atoms with Gasteiger partial charge in [0.25, 0.3) is 5.91 Å². The average Bonchev–Trinajstić information content (AvgIpc) is 3.20. The Morgan fingerprint density at radius 3 is 3.17 bits per heavy atom. The summed E-state index contributed by atoms with van der Waals surface area (Å²) in [5.74, 6) is 1.99. The summed E-state index contributed by atoms with van der Waals surface area (Å²) < 4.78 is 2.14. The largest absolute Gasteiger partial charge is 0.361 e. The molecule has 6 heteroatoms. The normalized spacial score (nSPS) is 17.2. The van der Waals surface area contributed by atoms with Gasteiger partial charge in [0.15, 0.2) is 0 Å². The van der Waals surface area contributed by atoms with Gasteiger partial charge in [0.1, 0.15) is 11.6 Å². The third kappa shape index (κ3) is 2.50. The second-order valence-electron chi connectivity index (χ2n) is 5.99. The molecule has 0 aliphatic carbocycles. The molecule has 2 N–H and O–H groups in total. The Morgan fingerprint density at radius 1 is 1.39 bits per heavy atom. The van der Waals surface area contributed by atoms with Crippen LogP contribution in [-0.4, -0.2) is 31.7 Å². The van der Waals surface area contributed by atoms with Crippen molar-refractivity contribution in [3.8, 4) is 0 Å². The number of rotatable bonds is 3. The lowest BCUT2D eigenvalue weighted by Crippen LogP contribution is -2.41. The first-order chi connectivity index (χ1) is 11.2. The third-order valence-electron chi connectivity index (χ3n) is 4.49. The van der Waals surface area contributed by atoms with E-state index in [9.17, 15) is 4.79 Å². The van der Waals surface area contributed by atoms with Crippen molar-refractivity contribution in [3.05, 3.63) is 47.7 Å². The van der Waals surface area contributed by atoms with E-state index in [0.717, 1.165) is 48.4 Å². The number of aromatic nitrogens is 4. The van der Waals surface area contributed by atoms with Gasteiger partial charge in [0.05, 0.1) is 0 Å². The van der Waals surface area contributed by atoms with Gasteiger partial charge in [-0.1, -0.05) is 13.0 Å². The van der Waals surface area contributed by atoms with Crippen molar-refractivity contribution >= 4 is 16.8 Å². The van der Waals surface area contributed by atoms with E-state index in [-0.39, 0.29) is 11.9 Å². The highest BCUT2D eigenvalue weighted by atomic mass is 16.1. The van der Waals surface area contributed by atoms with Crippen molar-refractivity contribution < 1.29 is 4.79 Å². The number of hydrogen-bond donors (Lipinski definition) is 2. The van der Waals surface area contributed by atoms with Crippen molar-refractivity contribution in [2.45, 2.75) is 38.8 Å². The molecule has 4 rings (SSSR count). The first kappa shape index (κ1) is 14.0. The summed E-state index contributed by atoms with van der Waals surface area (Å²) in [6.45, 7) is 2.83. The molecule has 1 aliphatic rings. The van der Waals surface area contributed by atoms with Gasteiger partial charge in [-0.25, -0.2) is 0 Å². The fraction of sp³-hybridized carbons (Fsp3) is 0.353. The van der Waals surface area contributed by atoms with Gasteiger partial charge >= 0.3 is 0 Å². The minimum atomic E-state index is -0.0268. The van der Waals surface area contributed by atoms with E-state index in [1.807, 2.05) is 30.5 Å². The highest BCUT2D eigenvalue weighted by Crippen LogP contribution is 2.17. The number of aromatic amines is 1. The summed E-state index contributed by atoms with van der Waals surface area (Å²) in [5.41, 5.74) is 1.67. The zero-order valence-electron chi connectivity index (χ0n) is 13.0. The van der Waals surface area contributed by atoms with E-state index in [1.54, 1.807) is 0 Å². The highest BCUT2D eigenvalue weighted by Gasteiger charge is 2.23. The SMILES string of the molecule is CCc1nnc2n1CC(NC(=O)c1ccc3cc[nH]c3c1)CC2. The number of nitrogens with zero attached hydrogens (tertiary/aromatic N) is 3. The van der Waals surface area contributed by atoms with E-state index in [2.05, 4.69) is 32.0 Å². The van der Waals surface area contributed by atoms with Crippen molar-refractivity contribution in [2.24, 2.45) is 0 Å². The van der Waals surface area contributed by atoms with E-state index >= 15 is 0 Å². The fourth-order valence-corrected chi connectivity index (χ4v) is 3.22. The lowest BCUT2D eigenvalue weighted by molar-refractivity contribution is 0.0927. The van der Waals surface area contributed by atoms with E-state index in [1.165, 1.54) is 0 Å². The van der Waals surface area contributed by atoms with E-state index in [4.69, 9.17) is 0 Å². The number of H-pyrrole nitrogens is 1. The number of hydrogen-bond acceptors (Lipinski definition) is 3. The molecule has 0 bridgehead atoms. The van der Waals surface area contributed by atoms with E-state index < -0.39 is 0 Å². The molecule has 3 heterocycles. The Morgan fingerprint density at radius 2 is 2.30 bits per heavy atom. The summed E-state index contributed by atoms with van der Waals surface area (Å²) in [4.78, 5) is 15.7. The average molecular weight is 309 g/mol. The summed E-state index contributed by atoms with van der Waals surface area (Å²) in [6, 6.07) is 7.85. The fourth-order valence-electron chi connectivity index (χ4n) is 3.22. The summed E-state index contributed by atoms with van der Waals surface area (Å²) in [5, 5.41) is 12.7. The highest BCUT2D eigenvalue weighted by molar-refractivity contribution is 5.98. The Bertz CT molecular complexity index is 849. The molecule has 118 valence electrons. The lowest BCUT2D eigenvalue weighted by atomic mass is 10.1. The molecule has 0 saturated carbocycles. The van der Waals surface area contributed by atoms with Crippen LogP contribution in [0.5, 0.6) is 0 Å². The first-order valence-corrected chi connectivity index (χ1v) is 8.03. The molecule has 1 unspecified atom stereocenters. The maximum Gasteiger partial charge on any atom is 0.251 e. The third-order valence-corrected chi connectivity index (χ3v) is 4.49. The van der Waals surface area contributed by atoms with Crippen molar-refractivity contribution in [3.63, 3.8) is 0 Å². The molecule has 3 aromatic rings.